The summed E-state index contributed by atoms with van der Waals surface area (Å²) in [6.07, 6.45) is 8.01. The van der Waals surface area contributed by atoms with E-state index in [0.717, 1.165) is 57.7 Å². The molecule has 4 aliphatic rings. The lowest BCUT2D eigenvalue weighted by atomic mass is 9.55. The molecule has 1 heterocycles. The first-order valence-electron chi connectivity index (χ1n) is 10.9. The molecule has 0 aromatic rings. The zero-order chi connectivity index (χ0) is 19.8. The van der Waals surface area contributed by atoms with E-state index in [1.54, 1.807) is 7.11 Å². The molecule has 1 saturated heterocycles. The Labute approximate surface area is 166 Å². The van der Waals surface area contributed by atoms with E-state index in [2.05, 4.69) is 0 Å². The molecular weight excluding hydrogens is 360 g/mol. The summed E-state index contributed by atoms with van der Waals surface area (Å²) in [6, 6.07) is 0. The van der Waals surface area contributed by atoms with Crippen molar-refractivity contribution in [2.75, 3.05) is 7.11 Å². The second kappa shape index (κ2) is 8.23. The van der Waals surface area contributed by atoms with Gasteiger partial charge in [0.1, 0.15) is 12.1 Å². The summed E-state index contributed by atoms with van der Waals surface area (Å²) in [6.45, 7) is 0. The van der Waals surface area contributed by atoms with Gasteiger partial charge < -0.3 is 19.4 Å². The monoisotopic (exact) mass is 392 g/mol. The number of carboxylic acid groups (broad SMARTS) is 1. The molecule has 0 aromatic carbocycles. The van der Waals surface area contributed by atoms with Gasteiger partial charge in [0, 0.05) is 20.0 Å². The molecule has 1 N–H and O–H groups in total. The van der Waals surface area contributed by atoms with E-state index in [1.165, 1.54) is 0 Å². The first-order valence-corrected chi connectivity index (χ1v) is 10.9. The topological polar surface area (TPSA) is 89.9 Å². The number of carboxylic acids is 1. The summed E-state index contributed by atoms with van der Waals surface area (Å²) in [4.78, 5) is 36.2. The number of fused-ring (bicyclic) bond motifs is 2. The largest absolute Gasteiger partial charge is 0.481 e. The Morgan fingerprint density at radius 3 is 2.61 bits per heavy atom. The predicted octanol–water partition coefficient (Wildman–Crippen LogP) is 2.87. The number of ketones is 1. The van der Waals surface area contributed by atoms with Gasteiger partial charge in [-0.25, -0.2) is 0 Å². The van der Waals surface area contributed by atoms with Crippen LogP contribution in [0.4, 0.5) is 0 Å². The average Bonchev–Trinajstić information content (AvgIpc) is 2.71. The normalized spacial score (nSPS) is 46.3. The van der Waals surface area contributed by atoms with Gasteiger partial charge in [0.25, 0.3) is 0 Å². The fraction of sp³-hybridized carbons (Fsp3) is 0.864. The lowest BCUT2D eigenvalue weighted by Gasteiger charge is -2.56. The molecule has 6 nitrogen and oxygen atoms in total. The number of hydrogen-bond donors (Lipinski definition) is 1. The molecular formula is C22H32O6. The van der Waals surface area contributed by atoms with E-state index in [0.29, 0.717) is 12.3 Å². The van der Waals surface area contributed by atoms with E-state index in [4.69, 9.17) is 9.47 Å². The number of carbonyl (C=O) groups excluding carboxylic acids is 2. The molecule has 0 amide bonds. The first-order chi connectivity index (χ1) is 13.5. The van der Waals surface area contributed by atoms with Gasteiger partial charge in [-0.3, -0.25) is 9.59 Å². The fourth-order valence-electron chi connectivity index (χ4n) is 6.85. The third kappa shape index (κ3) is 3.43. The molecule has 28 heavy (non-hydrogen) atoms. The standard InChI is InChI=1S/C22H32O6/c1-27-12-6-7-15-19(10-12)28-21-16(8-9-18(24)17(21)11-23)20(15)13-4-2-3-5-14(13)22(25)26/h11-17,19-21H,2-10H2,1H3,(H,25,26). The zero-order valence-corrected chi connectivity index (χ0v) is 16.6. The minimum absolute atomic E-state index is 0.0222. The van der Waals surface area contributed by atoms with Crippen LogP contribution in [-0.4, -0.2) is 48.6 Å². The molecule has 1 aliphatic heterocycles. The van der Waals surface area contributed by atoms with Gasteiger partial charge in [-0.2, -0.15) is 0 Å². The summed E-state index contributed by atoms with van der Waals surface area (Å²) >= 11 is 0. The van der Waals surface area contributed by atoms with Crippen molar-refractivity contribution in [3.63, 3.8) is 0 Å². The maximum Gasteiger partial charge on any atom is 0.306 e. The number of Topliss-reactive ketones (excluding diaryl/α,β-unsaturated/α-hetero) is 1. The Kier molecular flexibility index (Phi) is 5.88. The third-order valence-corrected chi connectivity index (χ3v) is 8.10. The maximum absolute atomic E-state index is 12.4. The van der Waals surface area contributed by atoms with Gasteiger partial charge in [-0.15, -0.1) is 0 Å². The lowest BCUT2D eigenvalue weighted by Crippen LogP contribution is -2.59. The summed E-state index contributed by atoms with van der Waals surface area (Å²) in [5.74, 6) is -0.966. The molecule has 9 unspecified atom stereocenters. The number of ether oxygens (including phenoxy) is 2. The molecule has 0 bridgehead atoms. The fourth-order valence-corrected chi connectivity index (χ4v) is 6.85. The van der Waals surface area contributed by atoms with Crippen LogP contribution in [0.5, 0.6) is 0 Å². The van der Waals surface area contributed by atoms with Crippen molar-refractivity contribution in [3.8, 4) is 0 Å². The molecule has 3 aliphatic carbocycles. The number of aldehydes is 1. The summed E-state index contributed by atoms with van der Waals surface area (Å²) in [5, 5.41) is 9.89. The van der Waals surface area contributed by atoms with E-state index in [1.807, 2.05) is 0 Å². The van der Waals surface area contributed by atoms with E-state index in [-0.39, 0.29) is 41.7 Å². The molecule has 9 atom stereocenters. The van der Waals surface area contributed by atoms with Gasteiger partial charge in [0.15, 0.2) is 0 Å². The van der Waals surface area contributed by atoms with Crippen molar-refractivity contribution >= 4 is 18.0 Å². The predicted molar refractivity (Wildman–Crippen MR) is 101 cm³/mol. The molecule has 4 rings (SSSR count). The van der Waals surface area contributed by atoms with Crippen molar-refractivity contribution in [1.82, 2.24) is 0 Å². The Bertz CT molecular complexity index is 618. The van der Waals surface area contributed by atoms with Gasteiger partial charge >= 0.3 is 5.97 Å². The van der Waals surface area contributed by atoms with Crippen LogP contribution in [0.15, 0.2) is 0 Å². The number of aliphatic carboxylic acids is 1. The van der Waals surface area contributed by atoms with Crippen LogP contribution in [0.1, 0.15) is 57.8 Å². The number of carbonyl (C=O) groups is 3. The van der Waals surface area contributed by atoms with Crippen LogP contribution in [0.3, 0.4) is 0 Å². The highest BCUT2D eigenvalue weighted by Gasteiger charge is 2.56. The molecule has 6 heteroatoms. The second-order valence-corrected chi connectivity index (χ2v) is 9.27. The third-order valence-electron chi connectivity index (χ3n) is 8.10. The highest BCUT2D eigenvalue weighted by molar-refractivity contribution is 5.94. The SMILES string of the molecule is COC1CCC2C(C1)OC1C(C=O)C(=O)CCC1C2C1CCCCC1C(=O)O. The summed E-state index contributed by atoms with van der Waals surface area (Å²) in [7, 11) is 1.72. The Balaban J connectivity index is 1.69. The molecule has 0 radical (unpaired) electrons. The van der Waals surface area contributed by atoms with Gasteiger partial charge in [0.2, 0.25) is 0 Å². The summed E-state index contributed by atoms with van der Waals surface area (Å²) < 4.78 is 12.0. The van der Waals surface area contributed by atoms with Gasteiger partial charge in [-0.05, 0) is 55.8 Å². The molecule has 156 valence electrons. The van der Waals surface area contributed by atoms with Crippen LogP contribution < -0.4 is 0 Å². The maximum atomic E-state index is 12.4. The summed E-state index contributed by atoms with van der Waals surface area (Å²) in [5.41, 5.74) is 0. The lowest BCUT2D eigenvalue weighted by molar-refractivity contribution is -0.213. The molecule has 4 fully saturated rings. The van der Waals surface area contributed by atoms with E-state index in [9.17, 15) is 19.5 Å². The van der Waals surface area contributed by atoms with Crippen LogP contribution in [-0.2, 0) is 23.9 Å². The minimum atomic E-state index is -0.697. The number of rotatable bonds is 4. The van der Waals surface area contributed by atoms with Crippen molar-refractivity contribution in [3.05, 3.63) is 0 Å². The van der Waals surface area contributed by atoms with Gasteiger partial charge in [-0.1, -0.05) is 12.8 Å². The number of methoxy groups -OCH3 is 1. The minimum Gasteiger partial charge on any atom is -0.481 e. The van der Waals surface area contributed by atoms with Crippen LogP contribution in [0.2, 0.25) is 0 Å². The highest BCUT2D eigenvalue weighted by Crippen LogP contribution is 2.54. The van der Waals surface area contributed by atoms with Crippen LogP contribution >= 0.6 is 0 Å². The number of hydrogen-bond acceptors (Lipinski definition) is 5. The Morgan fingerprint density at radius 2 is 1.89 bits per heavy atom. The van der Waals surface area contributed by atoms with Crippen molar-refractivity contribution in [2.24, 2.45) is 35.5 Å². The van der Waals surface area contributed by atoms with Crippen molar-refractivity contribution in [2.45, 2.75) is 76.1 Å². The van der Waals surface area contributed by atoms with Crippen LogP contribution in [0, 0.1) is 35.5 Å². The van der Waals surface area contributed by atoms with Crippen LogP contribution in [0.25, 0.3) is 0 Å². The smallest absolute Gasteiger partial charge is 0.306 e. The van der Waals surface area contributed by atoms with E-state index >= 15 is 0 Å². The highest BCUT2D eigenvalue weighted by atomic mass is 16.5. The quantitative estimate of drug-likeness (QED) is 0.584. The second-order valence-electron chi connectivity index (χ2n) is 9.27. The molecule has 0 spiro atoms. The Hall–Kier alpha value is -1.27. The van der Waals surface area contributed by atoms with Crippen molar-refractivity contribution < 1.29 is 29.0 Å². The molecule has 3 saturated carbocycles. The first kappa shape index (κ1) is 20.0. The average molecular weight is 392 g/mol. The Morgan fingerprint density at radius 1 is 1.11 bits per heavy atom. The van der Waals surface area contributed by atoms with E-state index < -0.39 is 18.0 Å². The van der Waals surface area contributed by atoms with Crippen molar-refractivity contribution in [1.29, 1.82) is 0 Å². The van der Waals surface area contributed by atoms with Gasteiger partial charge in [0.05, 0.1) is 30.1 Å². The zero-order valence-electron chi connectivity index (χ0n) is 16.6. The molecule has 0 aromatic heterocycles.